The summed E-state index contributed by atoms with van der Waals surface area (Å²) in [7, 11) is 0. The van der Waals surface area contributed by atoms with Crippen LogP contribution in [0.15, 0.2) is 48.5 Å². The standard InChI is InChI=1S/C19H22O4/c1-3-22-16-9-5-7-14(11-16)12-18(19(20)21)15-8-6-10-17(13-15)23-4-2/h5-11,13,18H,3-4,12H2,1-2H3,(H,20,21). The SMILES string of the molecule is CCOc1cccc(CC(C(=O)O)c2cccc(OCC)c2)c1. The van der Waals surface area contributed by atoms with E-state index in [0.29, 0.717) is 25.4 Å². The summed E-state index contributed by atoms with van der Waals surface area (Å²) in [6, 6.07) is 14.9. The number of hydrogen-bond acceptors (Lipinski definition) is 3. The van der Waals surface area contributed by atoms with E-state index in [1.165, 1.54) is 0 Å². The highest BCUT2D eigenvalue weighted by molar-refractivity contribution is 5.76. The zero-order chi connectivity index (χ0) is 16.7. The van der Waals surface area contributed by atoms with Gasteiger partial charge in [0.15, 0.2) is 0 Å². The zero-order valence-corrected chi connectivity index (χ0v) is 13.5. The number of carboxylic acids is 1. The summed E-state index contributed by atoms with van der Waals surface area (Å²) in [6.45, 7) is 4.96. The van der Waals surface area contributed by atoms with Gasteiger partial charge in [-0.3, -0.25) is 4.79 Å². The largest absolute Gasteiger partial charge is 0.494 e. The molecular formula is C19H22O4. The van der Waals surface area contributed by atoms with Gasteiger partial charge in [0.1, 0.15) is 11.5 Å². The van der Waals surface area contributed by atoms with Crippen molar-refractivity contribution in [2.75, 3.05) is 13.2 Å². The zero-order valence-electron chi connectivity index (χ0n) is 13.5. The van der Waals surface area contributed by atoms with E-state index in [4.69, 9.17) is 9.47 Å². The maximum absolute atomic E-state index is 11.7. The Labute approximate surface area is 136 Å². The van der Waals surface area contributed by atoms with Gasteiger partial charge < -0.3 is 14.6 Å². The van der Waals surface area contributed by atoms with Crippen LogP contribution in [0, 0.1) is 0 Å². The van der Waals surface area contributed by atoms with Gasteiger partial charge in [-0.05, 0) is 55.7 Å². The lowest BCUT2D eigenvalue weighted by atomic mass is 9.92. The molecule has 0 aromatic heterocycles. The molecule has 4 heteroatoms. The molecule has 0 amide bonds. The van der Waals surface area contributed by atoms with Crippen LogP contribution in [0.2, 0.25) is 0 Å². The van der Waals surface area contributed by atoms with Crippen molar-refractivity contribution in [3.05, 3.63) is 59.7 Å². The van der Waals surface area contributed by atoms with Crippen molar-refractivity contribution in [1.29, 1.82) is 0 Å². The molecule has 0 heterocycles. The number of carboxylic acid groups (broad SMARTS) is 1. The van der Waals surface area contributed by atoms with Crippen LogP contribution in [0.25, 0.3) is 0 Å². The molecule has 1 unspecified atom stereocenters. The minimum Gasteiger partial charge on any atom is -0.494 e. The van der Waals surface area contributed by atoms with Crippen LogP contribution in [0.4, 0.5) is 0 Å². The second-order valence-electron chi connectivity index (χ2n) is 5.18. The number of hydrogen-bond donors (Lipinski definition) is 1. The summed E-state index contributed by atoms with van der Waals surface area (Å²) in [4.78, 5) is 11.7. The maximum Gasteiger partial charge on any atom is 0.311 e. The predicted molar refractivity (Wildman–Crippen MR) is 89.3 cm³/mol. The Morgan fingerprint density at radius 1 is 1.00 bits per heavy atom. The first kappa shape index (κ1) is 16.9. The number of benzene rings is 2. The Bertz CT molecular complexity index is 651. The van der Waals surface area contributed by atoms with Gasteiger partial charge in [0.05, 0.1) is 19.1 Å². The molecule has 23 heavy (non-hydrogen) atoms. The summed E-state index contributed by atoms with van der Waals surface area (Å²) in [6.07, 6.45) is 0.409. The van der Waals surface area contributed by atoms with Gasteiger partial charge in [-0.1, -0.05) is 24.3 Å². The summed E-state index contributed by atoms with van der Waals surface area (Å²) in [5, 5.41) is 9.61. The summed E-state index contributed by atoms with van der Waals surface area (Å²) < 4.78 is 10.9. The van der Waals surface area contributed by atoms with E-state index in [9.17, 15) is 9.90 Å². The van der Waals surface area contributed by atoms with Crippen LogP contribution in [-0.2, 0) is 11.2 Å². The molecule has 0 saturated carbocycles. The Balaban J connectivity index is 2.23. The fourth-order valence-corrected chi connectivity index (χ4v) is 2.50. The molecule has 2 rings (SSSR count). The first-order valence-corrected chi connectivity index (χ1v) is 7.81. The molecule has 122 valence electrons. The highest BCUT2D eigenvalue weighted by Crippen LogP contribution is 2.26. The Kier molecular flexibility index (Phi) is 6.03. The van der Waals surface area contributed by atoms with Gasteiger partial charge in [0.2, 0.25) is 0 Å². The topological polar surface area (TPSA) is 55.8 Å². The Morgan fingerprint density at radius 3 is 2.22 bits per heavy atom. The number of carbonyl (C=O) groups is 1. The third-order valence-electron chi connectivity index (χ3n) is 3.52. The third kappa shape index (κ3) is 4.74. The minimum atomic E-state index is -0.847. The molecule has 0 spiro atoms. The van der Waals surface area contributed by atoms with Gasteiger partial charge in [-0.2, -0.15) is 0 Å². The molecule has 0 bridgehead atoms. The molecule has 2 aromatic carbocycles. The molecule has 0 aliphatic carbocycles. The summed E-state index contributed by atoms with van der Waals surface area (Å²) in [5.74, 6) is -0.00994. The highest BCUT2D eigenvalue weighted by Gasteiger charge is 2.21. The van der Waals surface area contributed by atoms with Gasteiger partial charge in [-0.15, -0.1) is 0 Å². The average Bonchev–Trinajstić information content (AvgIpc) is 2.54. The van der Waals surface area contributed by atoms with Crippen molar-refractivity contribution >= 4 is 5.97 Å². The van der Waals surface area contributed by atoms with E-state index in [2.05, 4.69) is 0 Å². The van der Waals surface area contributed by atoms with Gasteiger partial charge in [0, 0.05) is 0 Å². The lowest BCUT2D eigenvalue weighted by Crippen LogP contribution is -2.14. The predicted octanol–water partition coefficient (Wildman–Crippen LogP) is 3.89. The van der Waals surface area contributed by atoms with Crippen molar-refractivity contribution < 1.29 is 19.4 Å². The fraction of sp³-hybridized carbons (Fsp3) is 0.316. The van der Waals surface area contributed by atoms with Crippen LogP contribution >= 0.6 is 0 Å². The molecule has 2 aromatic rings. The molecule has 0 aliphatic heterocycles. The fourth-order valence-electron chi connectivity index (χ4n) is 2.50. The molecular weight excluding hydrogens is 292 g/mol. The minimum absolute atomic E-state index is 0.409. The van der Waals surface area contributed by atoms with Crippen molar-refractivity contribution in [2.45, 2.75) is 26.2 Å². The van der Waals surface area contributed by atoms with E-state index in [1.807, 2.05) is 56.3 Å². The number of ether oxygens (including phenoxy) is 2. The molecule has 0 fully saturated rings. The monoisotopic (exact) mass is 314 g/mol. The number of rotatable bonds is 8. The van der Waals surface area contributed by atoms with Gasteiger partial charge in [0.25, 0.3) is 0 Å². The third-order valence-corrected chi connectivity index (χ3v) is 3.52. The molecule has 1 N–H and O–H groups in total. The van der Waals surface area contributed by atoms with Crippen molar-refractivity contribution in [3.8, 4) is 11.5 Å². The van der Waals surface area contributed by atoms with Crippen molar-refractivity contribution in [1.82, 2.24) is 0 Å². The van der Waals surface area contributed by atoms with E-state index in [-0.39, 0.29) is 0 Å². The molecule has 1 atom stereocenters. The molecule has 0 aliphatic rings. The van der Waals surface area contributed by atoms with Crippen molar-refractivity contribution in [2.24, 2.45) is 0 Å². The second-order valence-corrected chi connectivity index (χ2v) is 5.18. The van der Waals surface area contributed by atoms with Crippen LogP contribution < -0.4 is 9.47 Å². The van der Waals surface area contributed by atoms with Gasteiger partial charge >= 0.3 is 5.97 Å². The average molecular weight is 314 g/mol. The lowest BCUT2D eigenvalue weighted by Gasteiger charge is -2.15. The molecule has 0 saturated heterocycles. The first-order chi connectivity index (χ1) is 11.1. The Hall–Kier alpha value is -2.49. The van der Waals surface area contributed by atoms with Crippen LogP contribution in [-0.4, -0.2) is 24.3 Å². The van der Waals surface area contributed by atoms with E-state index >= 15 is 0 Å². The van der Waals surface area contributed by atoms with Crippen molar-refractivity contribution in [3.63, 3.8) is 0 Å². The summed E-state index contributed by atoms with van der Waals surface area (Å²) in [5.41, 5.74) is 1.68. The van der Waals surface area contributed by atoms with Gasteiger partial charge in [-0.25, -0.2) is 0 Å². The highest BCUT2D eigenvalue weighted by atomic mass is 16.5. The smallest absolute Gasteiger partial charge is 0.311 e. The normalized spacial score (nSPS) is 11.7. The van der Waals surface area contributed by atoms with Crippen LogP contribution in [0.5, 0.6) is 11.5 Å². The van der Waals surface area contributed by atoms with E-state index < -0.39 is 11.9 Å². The number of aliphatic carboxylic acids is 1. The Morgan fingerprint density at radius 2 is 1.61 bits per heavy atom. The maximum atomic E-state index is 11.7. The first-order valence-electron chi connectivity index (χ1n) is 7.81. The summed E-state index contributed by atoms with van der Waals surface area (Å²) >= 11 is 0. The quantitative estimate of drug-likeness (QED) is 0.803. The van der Waals surface area contributed by atoms with E-state index in [0.717, 1.165) is 16.9 Å². The van der Waals surface area contributed by atoms with Crippen LogP contribution in [0.1, 0.15) is 30.9 Å². The molecule has 4 nitrogen and oxygen atoms in total. The lowest BCUT2D eigenvalue weighted by molar-refractivity contribution is -0.138. The van der Waals surface area contributed by atoms with Crippen LogP contribution in [0.3, 0.4) is 0 Å². The molecule has 0 radical (unpaired) electrons. The van der Waals surface area contributed by atoms with E-state index in [1.54, 1.807) is 6.07 Å². The second kappa shape index (κ2) is 8.22.